The molecule has 0 spiro atoms. The van der Waals surface area contributed by atoms with E-state index in [0.29, 0.717) is 12.0 Å². The number of thioether (sulfide) groups is 1. The summed E-state index contributed by atoms with van der Waals surface area (Å²) in [6, 6.07) is 27.6. The van der Waals surface area contributed by atoms with Gasteiger partial charge >= 0.3 is 7.60 Å². The minimum absolute atomic E-state index is 0.0500. The number of anilines is 1. The van der Waals surface area contributed by atoms with E-state index in [0.717, 1.165) is 41.1 Å². The van der Waals surface area contributed by atoms with Gasteiger partial charge in [0.1, 0.15) is 11.6 Å². The maximum atomic E-state index is 13.3. The molecule has 4 aromatic carbocycles. The van der Waals surface area contributed by atoms with Crippen LogP contribution in [0.2, 0.25) is 0 Å². The number of para-hydroxylation sites is 1. The molecule has 1 aliphatic heterocycles. The molecule has 0 saturated carbocycles. The molecule has 9 heteroatoms. The summed E-state index contributed by atoms with van der Waals surface area (Å²) >= 11 is 1.82. The van der Waals surface area contributed by atoms with Gasteiger partial charge in [0.05, 0.1) is 23.3 Å². The molecule has 0 radical (unpaired) electrons. The Kier molecular flexibility index (Phi) is 8.64. The summed E-state index contributed by atoms with van der Waals surface area (Å²) in [6.07, 6.45) is 1.47. The number of aromatic hydroxyl groups is 1. The van der Waals surface area contributed by atoms with E-state index < -0.39 is 13.7 Å². The third-order valence-corrected chi connectivity index (χ3v) is 9.63. The number of rotatable bonds is 9. The van der Waals surface area contributed by atoms with E-state index in [1.54, 1.807) is 30.3 Å². The smallest absolute Gasteiger partial charge is 0.356 e. The molecular weight excluding hydrogens is 548 g/mol. The lowest BCUT2D eigenvalue weighted by Crippen LogP contribution is -2.27. The number of phenolic OH excluding ortho intramolecular Hbond substituents is 1. The Balaban J connectivity index is 1.37. The second-order valence-electron chi connectivity index (χ2n) is 9.95. The zero-order valence-corrected chi connectivity index (χ0v) is 23.4. The molecular formula is C31H31FNO5PS. The quantitative estimate of drug-likeness (QED) is 0.167. The fraction of sp³-hybridized carbons (Fsp3) is 0.226. The summed E-state index contributed by atoms with van der Waals surface area (Å²) in [7, 11) is -4.33. The van der Waals surface area contributed by atoms with Crippen LogP contribution < -0.4 is 10.2 Å². The van der Waals surface area contributed by atoms with Crippen molar-refractivity contribution in [2.45, 2.75) is 36.7 Å². The van der Waals surface area contributed by atoms with Crippen LogP contribution in [0.3, 0.4) is 0 Å². The first-order valence-electron chi connectivity index (χ1n) is 13.1. The Morgan fingerprint density at radius 2 is 1.60 bits per heavy atom. The summed E-state index contributed by atoms with van der Waals surface area (Å²) in [6.45, 7) is 0. The predicted octanol–water partition coefficient (Wildman–Crippen LogP) is 6.53. The van der Waals surface area contributed by atoms with Gasteiger partial charge in [-0.25, -0.2) is 4.39 Å². The first-order chi connectivity index (χ1) is 19.2. The molecule has 1 aliphatic rings. The molecule has 6 nitrogen and oxygen atoms in total. The van der Waals surface area contributed by atoms with Crippen LogP contribution in [0.1, 0.15) is 42.5 Å². The van der Waals surface area contributed by atoms with Crippen LogP contribution in [0.25, 0.3) is 11.1 Å². The molecule has 3 unspecified atom stereocenters. The first-order valence-corrected chi connectivity index (χ1v) is 15.7. The molecule has 4 aromatic rings. The zero-order chi connectivity index (χ0) is 28.3. The Morgan fingerprint density at radius 1 is 0.925 bits per heavy atom. The Morgan fingerprint density at radius 3 is 2.25 bits per heavy atom. The fourth-order valence-electron chi connectivity index (χ4n) is 5.20. The molecule has 0 aliphatic carbocycles. The molecule has 0 aromatic heterocycles. The van der Waals surface area contributed by atoms with Crippen molar-refractivity contribution in [2.75, 3.05) is 10.8 Å². The number of halogens is 1. The number of benzene rings is 4. The van der Waals surface area contributed by atoms with Crippen molar-refractivity contribution in [3.05, 3.63) is 114 Å². The Hall–Kier alpha value is -3.13. The van der Waals surface area contributed by atoms with Gasteiger partial charge in [-0.15, -0.1) is 11.8 Å². The monoisotopic (exact) mass is 579 g/mol. The fourth-order valence-corrected chi connectivity index (χ4v) is 7.21. The van der Waals surface area contributed by atoms with Crippen LogP contribution in [0.5, 0.6) is 5.75 Å². The van der Waals surface area contributed by atoms with E-state index in [9.17, 15) is 29.0 Å². The number of nitrogens with zero attached hydrogens (tertiary/aromatic N) is 1. The highest BCUT2D eigenvalue weighted by atomic mass is 32.2. The van der Waals surface area contributed by atoms with Gasteiger partial charge in [0, 0.05) is 16.5 Å². The van der Waals surface area contributed by atoms with Crippen LogP contribution in [0.15, 0.2) is 97.1 Å². The highest BCUT2D eigenvalue weighted by Crippen LogP contribution is 2.48. The molecule has 208 valence electrons. The number of aliphatic hydroxyl groups is 1. The maximum absolute atomic E-state index is 13.3. The van der Waals surface area contributed by atoms with Crippen molar-refractivity contribution in [1.82, 2.24) is 0 Å². The molecule has 1 fully saturated rings. The third kappa shape index (κ3) is 6.43. The summed E-state index contributed by atoms with van der Waals surface area (Å²) in [5.74, 6) is 0.581. The van der Waals surface area contributed by atoms with Gasteiger partial charge < -0.3 is 24.9 Å². The molecule has 40 heavy (non-hydrogen) atoms. The van der Waals surface area contributed by atoms with E-state index in [4.69, 9.17) is 0 Å². The van der Waals surface area contributed by atoms with Crippen molar-refractivity contribution in [2.24, 2.45) is 0 Å². The van der Waals surface area contributed by atoms with E-state index >= 15 is 0 Å². The summed E-state index contributed by atoms with van der Waals surface area (Å²) in [5, 5.41) is 22.0. The van der Waals surface area contributed by atoms with Gasteiger partial charge in [-0.05, 0) is 78.4 Å². The zero-order valence-electron chi connectivity index (χ0n) is 21.7. The topological polar surface area (TPSA) is 101 Å². The third-order valence-electron chi connectivity index (χ3n) is 7.31. The van der Waals surface area contributed by atoms with Gasteiger partial charge in [0.15, 0.2) is 0 Å². The lowest BCUT2D eigenvalue weighted by molar-refractivity contribution is 0.163. The first kappa shape index (κ1) is 28.4. The highest BCUT2D eigenvalue weighted by molar-refractivity contribution is 8.00. The van der Waals surface area contributed by atoms with Crippen LogP contribution in [0.4, 0.5) is 10.1 Å². The standard InChI is InChI=1S/C31H31FNO5PS/c32-24-14-9-22(10-15-24)28(34)7-4-8-30-31(33(20-40-30)25-5-2-1-3-6-25)27-18-13-23(19-29(27)35)21-11-16-26(17-12-21)39(36,37)38/h1-3,5-6,9-19,28,30-31,34-35H,4,7-8,20H2,(H2,36,37,38). The minimum atomic E-state index is -4.33. The van der Waals surface area contributed by atoms with Crippen molar-refractivity contribution >= 4 is 30.3 Å². The normalized spacial score (nSPS) is 18.1. The van der Waals surface area contributed by atoms with Crippen molar-refractivity contribution in [3.63, 3.8) is 0 Å². The maximum Gasteiger partial charge on any atom is 0.356 e. The molecule has 0 bridgehead atoms. The molecule has 1 saturated heterocycles. The average Bonchev–Trinajstić information content (AvgIpc) is 3.37. The van der Waals surface area contributed by atoms with Gasteiger partial charge in [-0.3, -0.25) is 4.57 Å². The predicted molar refractivity (Wildman–Crippen MR) is 158 cm³/mol. The Bertz CT molecular complexity index is 1480. The van der Waals surface area contributed by atoms with Crippen molar-refractivity contribution < 1.29 is 29.0 Å². The van der Waals surface area contributed by atoms with Crippen LogP contribution >= 0.6 is 19.4 Å². The lowest BCUT2D eigenvalue weighted by Gasteiger charge is -2.30. The molecule has 4 N–H and O–H groups in total. The van der Waals surface area contributed by atoms with Crippen LogP contribution in [-0.2, 0) is 4.57 Å². The van der Waals surface area contributed by atoms with E-state index in [2.05, 4.69) is 17.0 Å². The Labute approximate surface area is 237 Å². The summed E-state index contributed by atoms with van der Waals surface area (Å²) in [5.41, 5.74) is 4.05. The van der Waals surface area contributed by atoms with Crippen molar-refractivity contribution in [3.8, 4) is 16.9 Å². The van der Waals surface area contributed by atoms with E-state index in [1.165, 1.54) is 24.3 Å². The highest BCUT2D eigenvalue weighted by Gasteiger charge is 2.37. The van der Waals surface area contributed by atoms with E-state index in [1.807, 2.05) is 42.1 Å². The van der Waals surface area contributed by atoms with Gasteiger partial charge in [0.25, 0.3) is 0 Å². The second kappa shape index (κ2) is 12.2. The molecule has 5 rings (SSSR count). The van der Waals surface area contributed by atoms with Crippen molar-refractivity contribution in [1.29, 1.82) is 0 Å². The number of hydrogen-bond acceptors (Lipinski definition) is 5. The van der Waals surface area contributed by atoms with E-state index in [-0.39, 0.29) is 28.2 Å². The number of aliphatic hydroxyl groups excluding tert-OH is 1. The molecule has 0 amide bonds. The molecule has 3 atom stereocenters. The van der Waals surface area contributed by atoms with Crippen LogP contribution in [0, 0.1) is 5.82 Å². The molecule has 1 heterocycles. The summed E-state index contributed by atoms with van der Waals surface area (Å²) < 4.78 is 24.8. The number of phenols is 1. The van der Waals surface area contributed by atoms with Gasteiger partial charge in [0.2, 0.25) is 0 Å². The van der Waals surface area contributed by atoms with Gasteiger partial charge in [-0.1, -0.05) is 54.6 Å². The lowest BCUT2D eigenvalue weighted by atomic mass is 9.94. The number of hydrogen-bond donors (Lipinski definition) is 4. The largest absolute Gasteiger partial charge is 0.508 e. The van der Waals surface area contributed by atoms with Gasteiger partial charge in [-0.2, -0.15) is 0 Å². The SMILES string of the molecule is O=P(O)(O)c1ccc(-c2ccc(C3C(CCCC(O)c4ccc(F)cc4)SCN3c3ccccc3)c(O)c2)cc1. The summed E-state index contributed by atoms with van der Waals surface area (Å²) in [4.78, 5) is 21.1. The second-order valence-corrected chi connectivity index (χ2v) is 12.7. The minimum Gasteiger partial charge on any atom is -0.508 e. The average molecular weight is 580 g/mol. The van der Waals surface area contributed by atoms with Crippen LogP contribution in [-0.4, -0.2) is 31.1 Å².